The third-order valence-electron chi connectivity index (χ3n) is 7.38. The number of rotatable bonds is 5. The van der Waals surface area contributed by atoms with Crippen LogP contribution in [0.5, 0.6) is 17.2 Å². The number of Topliss-reactive ketones (excluding diaryl/α,β-unsaturated/α-hetero) is 2. The molecule has 3 aromatic rings. The number of phenolic OH excluding ortho intramolecular Hbond substituents is 1. The van der Waals surface area contributed by atoms with Gasteiger partial charge in [-0.2, -0.15) is 0 Å². The summed E-state index contributed by atoms with van der Waals surface area (Å²) < 4.78 is 25.6. The van der Waals surface area contributed by atoms with Crippen LogP contribution < -0.4 is 14.8 Å². The van der Waals surface area contributed by atoms with Crippen LogP contribution in [0.3, 0.4) is 0 Å². The van der Waals surface area contributed by atoms with Crippen molar-refractivity contribution >= 4 is 34.0 Å². The SMILES string of the molecule is COc1cc(O)c2c(c1C(=O)NCc1c(C)ccc3c(F)cccc13)OC1=CC(=O)C(C(C)=O)C(=O)[C@]12C. The van der Waals surface area contributed by atoms with Crippen molar-refractivity contribution in [2.24, 2.45) is 5.92 Å². The summed E-state index contributed by atoms with van der Waals surface area (Å²) in [7, 11) is 1.30. The summed E-state index contributed by atoms with van der Waals surface area (Å²) in [6, 6.07) is 9.35. The van der Waals surface area contributed by atoms with E-state index in [0.29, 0.717) is 16.3 Å². The molecule has 0 fully saturated rings. The summed E-state index contributed by atoms with van der Waals surface area (Å²) in [6.45, 7) is 4.47. The molecule has 3 aromatic carbocycles. The van der Waals surface area contributed by atoms with Crippen molar-refractivity contribution in [2.45, 2.75) is 32.7 Å². The number of benzene rings is 3. The second-order valence-electron chi connectivity index (χ2n) is 9.60. The summed E-state index contributed by atoms with van der Waals surface area (Å²) in [5, 5.41) is 14.7. The Morgan fingerprint density at radius 1 is 1.18 bits per heavy atom. The second kappa shape index (κ2) is 8.79. The lowest BCUT2D eigenvalue weighted by Crippen LogP contribution is -2.47. The van der Waals surface area contributed by atoms with Crippen molar-refractivity contribution in [3.05, 3.63) is 76.3 Å². The molecule has 2 aliphatic rings. The molecule has 0 aromatic heterocycles. The fraction of sp³-hybridized carbons (Fsp3) is 0.241. The predicted octanol–water partition coefficient (Wildman–Crippen LogP) is 3.82. The molecule has 2 N–H and O–H groups in total. The molecule has 8 nitrogen and oxygen atoms in total. The fourth-order valence-electron chi connectivity index (χ4n) is 5.33. The van der Waals surface area contributed by atoms with Crippen LogP contribution in [0.15, 0.2) is 48.2 Å². The first kappa shape index (κ1) is 25.1. The van der Waals surface area contributed by atoms with Crippen LogP contribution in [0.4, 0.5) is 4.39 Å². The van der Waals surface area contributed by atoms with Gasteiger partial charge in [0.2, 0.25) is 0 Å². The summed E-state index contributed by atoms with van der Waals surface area (Å²) in [5.41, 5.74) is -0.235. The summed E-state index contributed by atoms with van der Waals surface area (Å²) in [6.07, 6.45) is 1.06. The highest BCUT2D eigenvalue weighted by Gasteiger charge is 2.58. The number of ether oxygens (including phenoxy) is 2. The number of nitrogens with one attached hydrogen (secondary N) is 1. The van der Waals surface area contributed by atoms with Gasteiger partial charge in [0.1, 0.15) is 45.8 Å². The van der Waals surface area contributed by atoms with E-state index in [1.54, 1.807) is 24.3 Å². The number of ketones is 3. The minimum absolute atomic E-state index is 0.0239. The van der Waals surface area contributed by atoms with Gasteiger partial charge in [-0.1, -0.05) is 24.3 Å². The van der Waals surface area contributed by atoms with Gasteiger partial charge in [-0.05, 0) is 43.4 Å². The number of hydrogen-bond acceptors (Lipinski definition) is 7. The van der Waals surface area contributed by atoms with Crippen LogP contribution >= 0.6 is 0 Å². The fourth-order valence-corrected chi connectivity index (χ4v) is 5.33. The Bertz CT molecular complexity index is 1620. The highest BCUT2D eigenvalue weighted by molar-refractivity contribution is 6.27. The van der Waals surface area contributed by atoms with Crippen LogP contribution in [0.1, 0.15) is 40.9 Å². The Labute approximate surface area is 217 Å². The molecule has 0 spiro atoms. The van der Waals surface area contributed by atoms with E-state index in [1.165, 1.54) is 26.2 Å². The number of aryl methyl sites for hydroxylation is 1. The van der Waals surface area contributed by atoms with Gasteiger partial charge in [-0.25, -0.2) is 4.39 Å². The second-order valence-corrected chi connectivity index (χ2v) is 9.60. The molecule has 1 unspecified atom stereocenters. The lowest BCUT2D eigenvalue weighted by molar-refractivity contribution is -0.140. The van der Waals surface area contributed by atoms with Crippen LogP contribution in [-0.2, 0) is 26.3 Å². The van der Waals surface area contributed by atoms with Crippen LogP contribution in [-0.4, -0.2) is 35.5 Å². The van der Waals surface area contributed by atoms with E-state index in [-0.39, 0.29) is 46.5 Å². The minimum atomic E-state index is -1.66. The van der Waals surface area contributed by atoms with Gasteiger partial charge in [-0.3, -0.25) is 19.2 Å². The van der Waals surface area contributed by atoms with Gasteiger partial charge in [0.15, 0.2) is 17.3 Å². The number of allylic oxidation sites excluding steroid dienone is 2. The molecule has 0 saturated carbocycles. The Morgan fingerprint density at radius 3 is 2.61 bits per heavy atom. The van der Waals surface area contributed by atoms with Gasteiger partial charge >= 0.3 is 0 Å². The number of amides is 1. The number of halogens is 1. The normalized spacial score (nSPS) is 19.9. The highest BCUT2D eigenvalue weighted by atomic mass is 19.1. The molecule has 9 heteroatoms. The van der Waals surface area contributed by atoms with E-state index in [1.807, 2.05) is 6.92 Å². The average molecular weight is 518 g/mol. The predicted molar refractivity (Wildman–Crippen MR) is 135 cm³/mol. The number of aromatic hydroxyl groups is 1. The van der Waals surface area contributed by atoms with Gasteiger partial charge < -0.3 is 19.9 Å². The number of phenols is 1. The zero-order valence-electron chi connectivity index (χ0n) is 21.1. The summed E-state index contributed by atoms with van der Waals surface area (Å²) in [5.74, 6) is -5.29. The number of methoxy groups -OCH3 is 1. The first-order valence-electron chi connectivity index (χ1n) is 11.9. The lowest BCUT2D eigenvalue weighted by atomic mass is 9.67. The zero-order valence-corrected chi connectivity index (χ0v) is 21.1. The van der Waals surface area contributed by atoms with E-state index < -0.39 is 34.6 Å². The number of carbonyl (C=O) groups is 4. The maximum Gasteiger partial charge on any atom is 0.259 e. The average Bonchev–Trinajstić information content (AvgIpc) is 3.16. The smallest absolute Gasteiger partial charge is 0.259 e. The molecule has 0 radical (unpaired) electrons. The quantitative estimate of drug-likeness (QED) is 0.494. The van der Waals surface area contributed by atoms with E-state index in [9.17, 15) is 28.7 Å². The first-order valence-corrected chi connectivity index (χ1v) is 11.9. The highest BCUT2D eigenvalue weighted by Crippen LogP contribution is 2.56. The van der Waals surface area contributed by atoms with Crippen molar-refractivity contribution < 1.29 is 38.1 Å². The standard InChI is InChI=1S/C29H24FNO7/c1-13-8-9-16-15(6-5-7-18(16)30)17(13)12-31-28(36)24-21(37-4)10-20(34)25-26(24)38-22-11-19(33)23(14(2)32)27(35)29(22,25)3/h5-11,23,34H,12H2,1-4H3,(H,31,36)/t23?,29-/m1/s1. The summed E-state index contributed by atoms with van der Waals surface area (Å²) in [4.78, 5) is 51.6. The van der Waals surface area contributed by atoms with Gasteiger partial charge in [-0.15, -0.1) is 0 Å². The molecule has 1 amide bonds. The van der Waals surface area contributed by atoms with E-state index in [2.05, 4.69) is 5.32 Å². The van der Waals surface area contributed by atoms with Crippen LogP contribution in [0, 0.1) is 18.7 Å². The summed E-state index contributed by atoms with van der Waals surface area (Å²) >= 11 is 0. The van der Waals surface area contributed by atoms with Gasteiger partial charge in [0.05, 0.1) is 12.7 Å². The maximum atomic E-state index is 14.3. The third kappa shape index (κ3) is 3.49. The molecular weight excluding hydrogens is 493 g/mol. The first-order chi connectivity index (χ1) is 18.0. The monoisotopic (exact) mass is 517 g/mol. The molecule has 2 atom stereocenters. The van der Waals surface area contributed by atoms with Crippen LogP contribution in [0.25, 0.3) is 10.8 Å². The number of hydrogen-bond donors (Lipinski definition) is 2. The van der Waals surface area contributed by atoms with Crippen molar-refractivity contribution in [1.29, 1.82) is 0 Å². The molecular formula is C29H24FNO7. The molecule has 0 bridgehead atoms. The van der Waals surface area contributed by atoms with Gasteiger partial charge in [0.25, 0.3) is 5.91 Å². The van der Waals surface area contributed by atoms with E-state index in [0.717, 1.165) is 18.6 Å². The largest absolute Gasteiger partial charge is 0.507 e. The maximum absolute atomic E-state index is 14.3. The van der Waals surface area contributed by atoms with Crippen molar-refractivity contribution in [2.75, 3.05) is 7.11 Å². The Kier molecular flexibility index (Phi) is 5.82. The topological polar surface area (TPSA) is 119 Å². The third-order valence-corrected chi connectivity index (χ3v) is 7.38. The van der Waals surface area contributed by atoms with Crippen LogP contribution in [0.2, 0.25) is 0 Å². The molecule has 1 heterocycles. The number of fused-ring (bicyclic) bond motifs is 4. The molecule has 194 valence electrons. The Morgan fingerprint density at radius 2 is 1.92 bits per heavy atom. The zero-order chi connectivity index (χ0) is 27.5. The van der Waals surface area contributed by atoms with Gasteiger partial charge in [0, 0.05) is 24.1 Å². The number of carbonyl (C=O) groups excluding carboxylic acids is 4. The Hall–Kier alpha value is -4.53. The molecule has 1 aliphatic heterocycles. The van der Waals surface area contributed by atoms with E-state index in [4.69, 9.17) is 9.47 Å². The molecule has 1 aliphatic carbocycles. The van der Waals surface area contributed by atoms with E-state index >= 15 is 0 Å². The minimum Gasteiger partial charge on any atom is -0.507 e. The lowest BCUT2D eigenvalue weighted by Gasteiger charge is -2.30. The van der Waals surface area contributed by atoms with Crippen molar-refractivity contribution in [1.82, 2.24) is 5.32 Å². The molecule has 5 rings (SSSR count). The molecule has 38 heavy (non-hydrogen) atoms. The molecule has 0 saturated heterocycles. The van der Waals surface area contributed by atoms with Crippen molar-refractivity contribution in [3.63, 3.8) is 0 Å². The van der Waals surface area contributed by atoms with Crippen molar-refractivity contribution in [3.8, 4) is 17.2 Å². The Balaban J connectivity index is 1.59.